The van der Waals surface area contributed by atoms with Gasteiger partial charge in [-0.2, -0.15) is 0 Å². The van der Waals surface area contributed by atoms with E-state index >= 15 is 0 Å². The monoisotopic (exact) mass is 295 g/mol. The second-order valence-electron chi connectivity index (χ2n) is 5.87. The molecule has 1 aromatic carbocycles. The molecule has 0 saturated heterocycles. The smallest absolute Gasteiger partial charge is 0.0462 e. The van der Waals surface area contributed by atoms with Crippen LogP contribution in [0.1, 0.15) is 37.7 Å². The summed E-state index contributed by atoms with van der Waals surface area (Å²) >= 11 is 5.95. The van der Waals surface area contributed by atoms with Crippen molar-refractivity contribution in [1.29, 1.82) is 0 Å². The summed E-state index contributed by atoms with van der Waals surface area (Å²) in [5, 5.41) is 4.49. The maximum Gasteiger partial charge on any atom is 0.0462 e. The van der Waals surface area contributed by atoms with Crippen LogP contribution in [0.5, 0.6) is 0 Å². The fraction of sp³-hybridized carbons (Fsp3) is 0.647. The van der Waals surface area contributed by atoms with Crippen molar-refractivity contribution >= 4 is 11.6 Å². The highest BCUT2D eigenvalue weighted by molar-refractivity contribution is 6.30. The Labute approximate surface area is 127 Å². The van der Waals surface area contributed by atoms with Crippen molar-refractivity contribution < 1.29 is 4.74 Å². The largest absolute Gasteiger partial charge is 0.385 e. The Morgan fingerprint density at radius 3 is 2.65 bits per heavy atom. The standard InChI is InChI=1S/C17H26ClNO/c1-20-11-3-2-4-15(13-19-17-9-10-17)12-14-5-7-16(18)8-6-14/h5-8,15,17,19H,2-4,9-13H2,1H3. The van der Waals surface area contributed by atoms with Crippen LogP contribution in [0.15, 0.2) is 24.3 Å². The van der Waals surface area contributed by atoms with Crippen LogP contribution in [0.3, 0.4) is 0 Å². The third-order valence-corrected chi connectivity index (χ3v) is 4.17. The van der Waals surface area contributed by atoms with Crippen LogP contribution in [-0.4, -0.2) is 26.3 Å². The number of ether oxygens (including phenoxy) is 1. The molecule has 1 saturated carbocycles. The second kappa shape index (κ2) is 8.66. The van der Waals surface area contributed by atoms with Gasteiger partial charge in [-0.05, 0) is 62.3 Å². The molecule has 0 aromatic heterocycles. The Morgan fingerprint density at radius 1 is 1.25 bits per heavy atom. The van der Waals surface area contributed by atoms with E-state index in [1.807, 2.05) is 12.1 Å². The number of hydrogen-bond donors (Lipinski definition) is 1. The van der Waals surface area contributed by atoms with Crippen LogP contribution in [0, 0.1) is 5.92 Å². The fourth-order valence-corrected chi connectivity index (χ4v) is 2.66. The number of hydrogen-bond acceptors (Lipinski definition) is 2. The van der Waals surface area contributed by atoms with E-state index in [2.05, 4.69) is 17.4 Å². The van der Waals surface area contributed by atoms with Crippen molar-refractivity contribution in [3.05, 3.63) is 34.9 Å². The van der Waals surface area contributed by atoms with Crippen LogP contribution in [0.2, 0.25) is 5.02 Å². The number of benzene rings is 1. The van der Waals surface area contributed by atoms with Crippen LogP contribution in [0.25, 0.3) is 0 Å². The predicted octanol–water partition coefficient (Wildman–Crippen LogP) is 4.07. The number of rotatable bonds is 10. The SMILES string of the molecule is COCCCCC(CNC1CC1)Cc1ccc(Cl)cc1. The summed E-state index contributed by atoms with van der Waals surface area (Å²) in [6, 6.07) is 9.09. The van der Waals surface area contributed by atoms with Crippen molar-refractivity contribution in [3.63, 3.8) is 0 Å². The maximum absolute atomic E-state index is 5.95. The Kier molecular flexibility index (Phi) is 6.85. The van der Waals surface area contributed by atoms with Gasteiger partial charge in [0.25, 0.3) is 0 Å². The van der Waals surface area contributed by atoms with Crippen molar-refractivity contribution in [1.82, 2.24) is 5.32 Å². The first-order valence-electron chi connectivity index (χ1n) is 7.74. The Hall–Kier alpha value is -0.570. The van der Waals surface area contributed by atoms with Crippen molar-refractivity contribution in [2.75, 3.05) is 20.3 Å². The molecule has 20 heavy (non-hydrogen) atoms. The third-order valence-electron chi connectivity index (χ3n) is 3.92. The van der Waals surface area contributed by atoms with Gasteiger partial charge in [-0.1, -0.05) is 30.2 Å². The maximum atomic E-state index is 5.95. The van der Waals surface area contributed by atoms with Crippen molar-refractivity contribution in [3.8, 4) is 0 Å². The molecule has 0 aliphatic heterocycles. The molecular formula is C17H26ClNO. The van der Waals surface area contributed by atoms with Crippen LogP contribution in [-0.2, 0) is 11.2 Å². The first-order chi connectivity index (χ1) is 9.78. The van der Waals surface area contributed by atoms with Crippen molar-refractivity contribution in [2.45, 2.75) is 44.6 Å². The van der Waals surface area contributed by atoms with E-state index in [-0.39, 0.29) is 0 Å². The summed E-state index contributed by atoms with van der Waals surface area (Å²) in [6.45, 7) is 2.02. The molecule has 1 aliphatic carbocycles. The van der Waals surface area contributed by atoms with Crippen molar-refractivity contribution in [2.24, 2.45) is 5.92 Å². The predicted molar refractivity (Wildman–Crippen MR) is 85.4 cm³/mol. The van der Waals surface area contributed by atoms with Gasteiger partial charge >= 0.3 is 0 Å². The zero-order chi connectivity index (χ0) is 14.2. The van der Waals surface area contributed by atoms with Gasteiger partial charge in [0.2, 0.25) is 0 Å². The minimum Gasteiger partial charge on any atom is -0.385 e. The molecule has 2 rings (SSSR count). The van der Waals surface area contributed by atoms with Crippen LogP contribution in [0.4, 0.5) is 0 Å². The van der Waals surface area contributed by atoms with Gasteiger partial charge in [-0.25, -0.2) is 0 Å². The highest BCUT2D eigenvalue weighted by Gasteiger charge is 2.21. The summed E-state index contributed by atoms with van der Waals surface area (Å²) < 4.78 is 5.13. The average Bonchev–Trinajstić information content (AvgIpc) is 3.27. The summed E-state index contributed by atoms with van der Waals surface area (Å²) in [4.78, 5) is 0. The van der Waals surface area contributed by atoms with Gasteiger partial charge in [-0.3, -0.25) is 0 Å². The van der Waals surface area contributed by atoms with Gasteiger partial charge in [0.05, 0.1) is 0 Å². The third kappa shape index (κ3) is 6.25. The van der Waals surface area contributed by atoms with E-state index in [0.29, 0.717) is 5.92 Å². The zero-order valence-electron chi connectivity index (χ0n) is 12.4. The van der Waals surface area contributed by atoms with Gasteiger partial charge in [0, 0.05) is 24.8 Å². The first kappa shape index (κ1) is 15.8. The number of nitrogens with one attached hydrogen (secondary N) is 1. The molecule has 0 bridgehead atoms. The molecule has 1 N–H and O–H groups in total. The van der Waals surface area contributed by atoms with Gasteiger partial charge in [-0.15, -0.1) is 0 Å². The molecule has 0 heterocycles. The molecular weight excluding hydrogens is 270 g/mol. The lowest BCUT2D eigenvalue weighted by Crippen LogP contribution is -2.26. The molecule has 0 spiro atoms. The summed E-state index contributed by atoms with van der Waals surface area (Å²) in [5.74, 6) is 0.716. The number of methoxy groups -OCH3 is 1. The topological polar surface area (TPSA) is 21.3 Å². The quantitative estimate of drug-likeness (QED) is 0.657. The van der Waals surface area contributed by atoms with E-state index in [1.54, 1.807) is 7.11 Å². The van der Waals surface area contributed by atoms with E-state index in [9.17, 15) is 0 Å². The first-order valence-corrected chi connectivity index (χ1v) is 8.12. The lowest BCUT2D eigenvalue weighted by molar-refractivity contribution is 0.190. The highest BCUT2D eigenvalue weighted by Crippen LogP contribution is 2.21. The molecule has 0 amide bonds. The summed E-state index contributed by atoms with van der Waals surface area (Å²) in [7, 11) is 1.78. The van der Waals surface area contributed by atoms with E-state index in [1.165, 1.54) is 31.2 Å². The molecule has 3 heteroatoms. The lowest BCUT2D eigenvalue weighted by atomic mass is 9.94. The Balaban J connectivity index is 1.78. The molecule has 1 aromatic rings. The normalized spacial score (nSPS) is 16.3. The Morgan fingerprint density at radius 2 is 2.00 bits per heavy atom. The van der Waals surface area contributed by atoms with Gasteiger partial charge in [0.15, 0.2) is 0 Å². The van der Waals surface area contributed by atoms with Gasteiger partial charge < -0.3 is 10.1 Å². The van der Waals surface area contributed by atoms with Gasteiger partial charge in [0.1, 0.15) is 0 Å². The molecule has 1 fully saturated rings. The number of unbranched alkanes of at least 4 members (excludes halogenated alkanes) is 1. The molecule has 0 radical (unpaired) electrons. The minimum atomic E-state index is 0.716. The van der Waals surface area contributed by atoms with E-state index < -0.39 is 0 Å². The molecule has 112 valence electrons. The minimum absolute atomic E-state index is 0.716. The van der Waals surface area contributed by atoms with E-state index in [4.69, 9.17) is 16.3 Å². The summed E-state index contributed by atoms with van der Waals surface area (Å²) in [6.07, 6.45) is 7.54. The lowest BCUT2D eigenvalue weighted by Gasteiger charge is -2.18. The molecule has 1 atom stereocenters. The van der Waals surface area contributed by atoms with Crippen LogP contribution >= 0.6 is 11.6 Å². The fourth-order valence-electron chi connectivity index (χ4n) is 2.53. The highest BCUT2D eigenvalue weighted by atomic mass is 35.5. The zero-order valence-corrected chi connectivity index (χ0v) is 13.2. The molecule has 1 unspecified atom stereocenters. The number of halogens is 1. The van der Waals surface area contributed by atoms with E-state index in [0.717, 1.165) is 37.1 Å². The molecule has 1 aliphatic rings. The second-order valence-corrected chi connectivity index (χ2v) is 6.30. The average molecular weight is 296 g/mol. The Bertz CT molecular complexity index is 375. The molecule has 2 nitrogen and oxygen atoms in total. The van der Waals surface area contributed by atoms with Crippen LogP contribution < -0.4 is 5.32 Å². The summed E-state index contributed by atoms with van der Waals surface area (Å²) in [5.41, 5.74) is 1.39.